The van der Waals surface area contributed by atoms with Gasteiger partial charge in [0.25, 0.3) is 0 Å². The Kier molecular flexibility index (Phi) is 4.02. The van der Waals surface area contributed by atoms with Gasteiger partial charge in [0.2, 0.25) is 0 Å². The van der Waals surface area contributed by atoms with Gasteiger partial charge in [-0.15, -0.1) is 0 Å². The van der Waals surface area contributed by atoms with Crippen LogP contribution in [-0.4, -0.2) is 19.1 Å². The highest BCUT2D eigenvalue weighted by Crippen LogP contribution is 2.27. The molecule has 0 aromatic heterocycles. The van der Waals surface area contributed by atoms with Crippen molar-refractivity contribution in [1.29, 1.82) is 0 Å². The number of nitrogens with one attached hydrogen (secondary N) is 2. The minimum absolute atomic E-state index is 0.348. The molecule has 0 aliphatic carbocycles. The largest absolute Gasteiger partial charge is 0.398 e. The van der Waals surface area contributed by atoms with Crippen LogP contribution in [-0.2, 0) is 0 Å². The Morgan fingerprint density at radius 3 is 2.71 bits per heavy atom. The molecule has 2 rings (SSSR count). The highest BCUT2D eigenvalue weighted by Gasteiger charge is 2.23. The van der Waals surface area contributed by atoms with Crippen molar-refractivity contribution in [3.8, 4) is 0 Å². The zero-order valence-electron chi connectivity index (χ0n) is 10.7. The van der Waals surface area contributed by atoms with Crippen molar-refractivity contribution in [2.45, 2.75) is 32.4 Å². The lowest BCUT2D eigenvalue weighted by atomic mass is 9.94. The monoisotopic (exact) mass is 233 g/mol. The van der Waals surface area contributed by atoms with E-state index in [2.05, 4.69) is 36.6 Å². The maximum absolute atomic E-state index is 6.08. The SMILES string of the molecule is CC(C)C(NC1CCNC1)c1ccccc1N. The number of benzene rings is 1. The second kappa shape index (κ2) is 5.52. The van der Waals surface area contributed by atoms with Crippen molar-refractivity contribution in [3.63, 3.8) is 0 Å². The summed E-state index contributed by atoms with van der Waals surface area (Å²) in [5.41, 5.74) is 8.20. The summed E-state index contributed by atoms with van der Waals surface area (Å²) in [6, 6.07) is 9.10. The first-order chi connectivity index (χ1) is 8.18. The molecular weight excluding hydrogens is 210 g/mol. The van der Waals surface area contributed by atoms with Gasteiger partial charge in [0, 0.05) is 24.3 Å². The molecule has 1 aromatic carbocycles. The molecule has 17 heavy (non-hydrogen) atoms. The highest BCUT2D eigenvalue weighted by molar-refractivity contribution is 5.48. The van der Waals surface area contributed by atoms with Crippen molar-refractivity contribution < 1.29 is 0 Å². The van der Waals surface area contributed by atoms with Gasteiger partial charge in [0.1, 0.15) is 0 Å². The maximum Gasteiger partial charge on any atom is 0.0366 e. The Bertz CT molecular complexity index is 356. The van der Waals surface area contributed by atoms with Gasteiger partial charge < -0.3 is 16.4 Å². The zero-order chi connectivity index (χ0) is 12.3. The molecule has 4 N–H and O–H groups in total. The Morgan fingerprint density at radius 1 is 1.35 bits per heavy atom. The molecule has 0 spiro atoms. The minimum atomic E-state index is 0.348. The van der Waals surface area contributed by atoms with Crippen LogP contribution in [0.4, 0.5) is 5.69 Å². The number of nitrogens with two attached hydrogens (primary N) is 1. The molecular formula is C14H23N3. The van der Waals surface area contributed by atoms with Gasteiger partial charge in [-0.2, -0.15) is 0 Å². The molecule has 1 heterocycles. The second-order valence-corrected chi connectivity index (χ2v) is 5.21. The molecule has 0 saturated carbocycles. The van der Waals surface area contributed by atoms with E-state index in [1.54, 1.807) is 0 Å². The number of para-hydroxylation sites is 1. The fraction of sp³-hybridized carbons (Fsp3) is 0.571. The van der Waals surface area contributed by atoms with Crippen LogP contribution >= 0.6 is 0 Å². The average molecular weight is 233 g/mol. The third-order valence-corrected chi connectivity index (χ3v) is 3.47. The first-order valence-electron chi connectivity index (χ1n) is 6.49. The molecule has 1 aromatic rings. The molecule has 0 radical (unpaired) electrons. The van der Waals surface area contributed by atoms with E-state index in [0.29, 0.717) is 18.0 Å². The Labute approximate surface area is 104 Å². The Hall–Kier alpha value is -1.06. The van der Waals surface area contributed by atoms with Crippen LogP contribution in [0.25, 0.3) is 0 Å². The van der Waals surface area contributed by atoms with Crippen LogP contribution in [0.3, 0.4) is 0 Å². The van der Waals surface area contributed by atoms with E-state index >= 15 is 0 Å². The van der Waals surface area contributed by atoms with Crippen molar-refractivity contribution >= 4 is 5.69 Å². The Morgan fingerprint density at radius 2 is 2.12 bits per heavy atom. The lowest BCUT2D eigenvalue weighted by Gasteiger charge is -2.27. The van der Waals surface area contributed by atoms with Crippen LogP contribution in [0.1, 0.15) is 31.9 Å². The molecule has 2 unspecified atom stereocenters. The molecule has 94 valence electrons. The van der Waals surface area contributed by atoms with E-state index in [-0.39, 0.29) is 0 Å². The summed E-state index contributed by atoms with van der Waals surface area (Å²) in [6.07, 6.45) is 1.20. The maximum atomic E-state index is 6.08. The van der Waals surface area contributed by atoms with Crippen molar-refractivity contribution in [1.82, 2.24) is 10.6 Å². The van der Waals surface area contributed by atoms with E-state index < -0.39 is 0 Å². The van der Waals surface area contributed by atoms with E-state index in [0.717, 1.165) is 18.8 Å². The summed E-state index contributed by atoms with van der Waals surface area (Å²) in [4.78, 5) is 0. The van der Waals surface area contributed by atoms with Gasteiger partial charge in [-0.3, -0.25) is 0 Å². The van der Waals surface area contributed by atoms with Crippen LogP contribution in [0, 0.1) is 5.92 Å². The molecule has 0 bridgehead atoms. The van der Waals surface area contributed by atoms with E-state index in [1.807, 2.05) is 12.1 Å². The standard InChI is InChI=1S/C14H23N3/c1-10(2)14(17-11-7-8-16-9-11)12-5-3-4-6-13(12)15/h3-6,10-11,14,16-17H,7-9,15H2,1-2H3. The van der Waals surface area contributed by atoms with Crippen LogP contribution in [0.15, 0.2) is 24.3 Å². The van der Waals surface area contributed by atoms with Crippen molar-refractivity contribution in [2.75, 3.05) is 18.8 Å². The topological polar surface area (TPSA) is 50.1 Å². The molecule has 1 aliphatic heterocycles. The van der Waals surface area contributed by atoms with Crippen LogP contribution in [0.5, 0.6) is 0 Å². The van der Waals surface area contributed by atoms with Crippen molar-refractivity contribution in [3.05, 3.63) is 29.8 Å². The number of rotatable bonds is 4. The molecule has 1 fully saturated rings. The first-order valence-corrected chi connectivity index (χ1v) is 6.49. The summed E-state index contributed by atoms with van der Waals surface area (Å²) < 4.78 is 0. The van der Waals surface area contributed by atoms with Gasteiger partial charge in [0.15, 0.2) is 0 Å². The first kappa shape index (κ1) is 12.4. The fourth-order valence-electron chi connectivity index (χ4n) is 2.49. The summed E-state index contributed by atoms with van der Waals surface area (Å²) in [6.45, 7) is 6.67. The summed E-state index contributed by atoms with van der Waals surface area (Å²) >= 11 is 0. The number of anilines is 1. The second-order valence-electron chi connectivity index (χ2n) is 5.21. The minimum Gasteiger partial charge on any atom is -0.398 e. The average Bonchev–Trinajstić information content (AvgIpc) is 2.79. The lowest BCUT2D eigenvalue weighted by molar-refractivity contribution is 0.370. The number of hydrogen-bond acceptors (Lipinski definition) is 3. The van der Waals surface area contributed by atoms with Gasteiger partial charge >= 0.3 is 0 Å². The normalized spacial score (nSPS) is 21.9. The molecule has 3 heteroatoms. The summed E-state index contributed by atoms with van der Waals surface area (Å²) in [5.74, 6) is 0.542. The zero-order valence-corrected chi connectivity index (χ0v) is 10.7. The molecule has 1 aliphatic rings. The molecule has 0 amide bonds. The molecule has 3 nitrogen and oxygen atoms in total. The van der Waals surface area contributed by atoms with Gasteiger partial charge in [-0.1, -0.05) is 32.0 Å². The smallest absolute Gasteiger partial charge is 0.0366 e. The van der Waals surface area contributed by atoms with E-state index in [4.69, 9.17) is 5.73 Å². The van der Waals surface area contributed by atoms with E-state index in [9.17, 15) is 0 Å². The highest BCUT2D eigenvalue weighted by atomic mass is 15.0. The van der Waals surface area contributed by atoms with Crippen LogP contribution < -0.4 is 16.4 Å². The van der Waals surface area contributed by atoms with Crippen molar-refractivity contribution in [2.24, 2.45) is 5.92 Å². The van der Waals surface area contributed by atoms with Gasteiger partial charge in [-0.05, 0) is 30.5 Å². The lowest BCUT2D eigenvalue weighted by Crippen LogP contribution is -2.37. The predicted octanol–water partition coefficient (Wildman–Crippen LogP) is 1.92. The third-order valence-electron chi connectivity index (χ3n) is 3.47. The summed E-state index contributed by atoms with van der Waals surface area (Å²) in [7, 11) is 0. The Balaban J connectivity index is 2.14. The van der Waals surface area contributed by atoms with Gasteiger partial charge in [-0.25, -0.2) is 0 Å². The van der Waals surface area contributed by atoms with E-state index in [1.165, 1.54) is 12.0 Å². The number of nitrogen functional groups attached to an aromatic ring is 1. The summed E-state index contributed by atoms with van der Waals surface area (Å²) in [5, 5.41) is 7.12. The fourth-order valence-corrected chi connectivity index (χ4v) is 2.49. The van der Waals surface area contributed by atoms with Crippen LogP contribution in [0.2, 0.25) is 0 Å². The van der Waals surface area contributed by atoms with Gasteiger partial charge in [0.05, 0.1) is 0 Å². The number of hydrogen-bond donors (Lipinski definition) is 3. The molecule has 1 saturated heterocycles. The predicted molar refractivity (Wildman–Crippen MR) is 72.8 cm³/mol. The molecule has 2 atom stereocenters. The third kappa shape index (κ3) is 2.99. The quantitative estimate of drug-likeness (QED) is 0.696.